The van der Waals surface area contributed by atoms with Crippen LogP contribution in [0.5, 0.6) is 11.5 Å². The van der Waals surface area contributed by atoms with E-state index >= 15 is 0 Å². The molecular weight excluding hydrogens is 350 g/mol. The highest BCUT2D eigenvalue weighted by Crippen LogP contribution is 2.25. The van der Waals surface area contributed by atoms with Crippen LogP contribution in [-0.4, -0.2) is 36.5 Å². The van der Waals surface area contributed by atoms with E-state index in [2.05, 4.69) is 5.32 Å². The van der Waals surface area contributed by atoms with Crippen LogP contribution in [0.15, 0.2) is 42.5 Å². The van der Waals surface area contributed by atoms with Crippen LogP contribution in [0.1, 0.15) is 17.3 Å². The summed E-state index contributed by atoms with van der Waals surface area (Å²) in [5, 5.41) is 3.24. The maximum Gasteiger partial charge on any atom is 0.254 e. The van der Waals surface area contributed by atoms with Crippen molar-refractivity contribution in [2.75, 3.05) is 19.6 Å². The number of rotatable bonds is 3. The third-order valence-corrected chi connectivity index (χ3v) is 3.99. The number of halogens is 3. The molecule has 2 aromatic rings. The summed E-state index contributed by atoms with van der Waals surface area (Å²) in [4.78, 5) is 14.4. The van der Waals surface area contributed by atoms with E-state index in [0.29, 0.717) is 17.9 Å². The summed E-state index contributed by atoms with van der Waals surface area (Å²) in [6.45, 7) is 4.22. The van der Waals surface area contributed by atoms with Crippen molar-refractivity contribution in [1.29, 1.82) is 0 Å². The molecular formula is C18H19ClF2N2O2. The zero-order valence-corrected chi connectivity index (χ0v) is 14.5. The van der Waals surface area contributed by atoms with E-state index in [9.17, 15) is 13.6 Å². The monoisotopic (exact) mass is 368 g/mol. The average Bonchev–Trinajstić information content (AvgIpc) is 2.58. The average molecular weight is 369 g/mol. The van der Waals surface area contributed by atoms with Crippen molar-refractivity contribution in [2.45, 2.75) is 13.0 Å². The predicted molar refractivity (Wildman–Crippen MR) is 93.5 cm³/mol. The number of piperazine rings is 1. The Kier molecular flexibility index (Phi) is 6.33. The highest BCUT2D eigenvalue weighted by Gasteiger charge is 2.23. The first-order valence-electron chi connectivity index (χ1n) is 7.79. The van der Waals surface area contributed by atoms with Crippen molar-refractivity contribution < 1.29 is 18.3 Å². The first-order chi connectivity index (χ1) is 11.5. The largest absolute Gasteiger partial charge is 0.454 e. The minimum atomic E-state index is -0.773. The van der Waals surface area contributed by atoms with Crippen molar-refractivity contribution >= 4 is 18.3 Å². The minimum Gasteiger partial charge on any atom is -0.454 e. The third-order valence-electron chi connectivity index (χ3n) is 3.99. The fourth-order valence-corrected chi connectivity index (χ4v) is 2.66. The maximum atomic E-state index is 13.6. The molecule has 1 fully saturated rings. The molecule has 7 heteroatoms. The van der Waals surface area contributed by atoms with Crippen LogP contribution in [0.3, 0.4) is 0 Å². The molecule has 1 heterocycles. The summed E-state index contributed by atoms with van der Waals surface area (Å²) in [5.74, 6) is -1.16. The van der Waals surface area contributed by atoms with Crippen LogP contribution in [0.2, 0.25) is 0 Å². The number of carbonyl (C=O) groups excluding carboxylic acids is 1. The van der Waals surface area contributed by atoms with E-state index in [-0.39, 0.29) is 30.1 Å². The van der Waals surface area contributed by atoms with Gasteiger partial charge in [0.25, 0.3) is 5.91 Å². The molecule has 1 amide bonds. The number of hydrogen-bond acceptors (Lipinski definition) is 3. The number of amides is 1. The molecule has 134 valence electrons. The summed E-state index contributed by atoms with van der Waals surface area (Å²) < 4.78 is 31.9. The fourth-order valence-electron chi connectivity index (χ4n) is 2.66. The number of nitrogens with one attached hydrogen (secondary N) is 1. The van der Waals surface area contributed by atoms with Gasteiger partial charge in [0.15, 0.2) is 11.6 Å². The van der Waals surface area contributed by atoms with Crippen LogP contribution >= 0.6 is 12.4 Å². The van der Waals surface area contributed by atoms with Gasteiger partial charge in [-0.25, -0.2) is 8.78 Å². The molecule has 1 N–H and O–H groups in total. The Bertz CT molecular complexity index is 740. The molecule has 0 bridgehead atoms. The minimum absolute atomic E-state index is 0. The third kappa shape index (κ3) is 4.46. The molecule has 1 saturated heterocycles. The van der Waals surface area contributed by atoms with Gasteiger partial charge in [0.1, 0.15) is 11.6 Å². The number of benzene rings is 2. The van der Waals surface area contributed by atoms with E-state index in [1.54, 1.807) is 24.3 Å². The first kappa shape index (κ1) is 19.1. The smallest absolute Gasteiger partial charge is 0.254 e. The van der Waals surface area contributed by atoms with Crippen molar-refractivity contribution in [3.05, 3.63) is 59.7 Å². The molecule has 1 atom stereocenters. The zero-order chi connectivity index (χ0) is 17.1. The van der Waals surface area contributed by atoms with Gasteiger partial charge in [0.05, 0.1) is 0 Å². The van der Waals surface area contributed by atoms with Crippen molar-refractivity contribution in [1.82, 2.24) is 10.2 Å². The highest BCUT2D eigenvalue weighted by molar-refractivity contribution is 5.94. The molecule has 2 aromatic carbocycles. The Morgan fingerprint density at radius 3 is 2.56 bits per heavy atom. The van der Waals surface area contributed by atoms with Crippen LogP contribution in [0, 0.1) is 11.6 Å². The molecule has 1 aliphatic heterocycles. The molecule has 25 heavy (non-hydrogen) atoms. The topological polar surface area (TPSA) is 41.6 Å². The SMILES string of the molecule is CC1CNCCN1C(=O)c1ccc(Oc2ccc(F)cc2F)cc1.Cl. The molecule has 3 rings (SSSR count). The standard InChI is InChI=1S/C18H18F2N2O2.ClH/c1-12-11-21-8-9-22(12)18(23)13-2-5-15(6-3-13)24-17-7-4-14(19)10-16(17)20;/h2-7,10,12,21H,8-9,11H2,1H3;1H. The normalized spacial score (nSPS) is 16.9. The molecule has 1 unspecified atom stereocenters. The Hall–Kier alpha value is -2.18. The van der Waals surface area contributed by atoms with Crippen LogP contribution in [0.4, 0.5) is 8.78 Å². The molecule has 0 radical (unpaired) electrons. The zero-order valence-electron chi connectivity index (χ0n) is 13.7. The molecule has 4 nitrogen and oxygen atoms in total. The van der Waals surface area contributed by atoms with Gasteiger partial charge in [0.2, 0.25) is 0 Å². The van der Waals surface area contributed by atoms with E-state index in [1.165, 1.54) is 6.07 Å². The number of nitrogens with zero attached hydrogens (tertiary/aromatic N) is 1. The lowest BCUT2D eigenvalue weighted by Gasteiger charge is -2.34. The lowest BCUT2D eigenvalue weighted by atomic mass is 10.1. The summed E-state index contributed by atoms with van der Waals surface area (Å²) in [6, 6.07) is 9.75. The van der Waals surface area contributed by atoms with Crippen molar-refractivity contribution in [3.8, 4) is 11.5 Å². The van der Waals surface area contributed by atoms with Gasteiger partial charge in [-0.05, 0) is 43.3 Å². The molecule has 0 aliphatic carbocycles. The van der Waals surface area contributed by atoms with E-state index in [1.807, 2.05) is 11.8 Å². The van der Waals surface area contributed by atoms with Crippen LogP contribution < -0.4 is 10.1 Å². The number of hydrogen-bond donors (Lipinski definition) is 1. The Morgan fingerprint density at radius 2 is 1.92 bits per heavy atom. The van der Waals surface area contributed by atoms with E-state index in [0.717, 1.165) is 25.2 Å². The first-order valence-corrected chi connectivity index (χ1v) is 7.79. The Balaban J connectivity index is 0.00000225. The number of carbonyl (C=O) groups is 1. The van der Waals surface area contributed by atoms with Gasteiger partial charge < -0.3 is 15.0 Å². The van der Waals surface area contributed by atoms with E-state index < -0.39 is 11.6 Å². The molecule has 0 saturated carbocycles. The van der Waals surface area contributed by atoms with Gasteiger partial charge in [0, 0.05) is 37.3 Å². The second-order valence-corrected chi connectivity index (χ2v) is 5.75. The van der Waals surface area contributed by atoms with E-state index in [4.69, 9.17) is 4.74 Å². The van der Waals surface area contributed by atoms with Gasteiger partial charge in [-0.15, -0.1) is 12.4 Å². The number of ether oxygens (including phenoxy) is 1. The highest BCUT2D eigenvalue weighted by atomic mass is 35.5. The Morgan fingerprint density at radius 1 is 1.20 bits per heavy atom. The molecule has 0 aromatic heterocycles. The molecule has 1 aliphatic rings. The summed E-state index contributed by atoms with van der Waals surface area (Å²) in [6.07, 6.45) is 0. The lowest BCUT2D eigenvalue weighted by Crippen LogP contribution is -2.52. The second kappa shape index (κ2) is 8.27. The second-order valence-electron chi connectivity index (χ2n) is 5.75. The van der Waals surface area contributed by atoms with Crippen molar-refractivity contribution in [2.24, 2.45) is 0 Å². The Labute approximate surface area is 151 Å². The van der Waals surface area contributed by atoms with Crippen LogP contribution in [0.25, 0.3) is 0 Å². The predicted octanol–water partition coefficient (Wildman–Crippen LogP) is 3.61. The molecule has 0 spiro atoms. The van der Waals surface area contributed by atoms with Crippen molar-refractivity contribution in [3.63, 3.8) is 0 Å². The van der Waals surface area contributed by atoms with Crippen LogP contribution in [-0.2, 0) is 0 Å². The van der Waals surface area contributed by atoms with Gasteiger partial charge in [-0.2, -0.15) is 0 Å². The van der Waals surface area contributed by atoms with Gasteiger partial charge in [-0.3, -0.25) is 4.79 Å². The summed E-state index contributed by atoms with van der Waals surface area (Å²) >= 11 is 0. The van der Waals surface area contributed by atoms with Gasteiger partial charge in [-0.1, -0.05) is 0 Å². The quantitative estimate of drug-likeness (QED) is 0.899. The van der Waals surface area contributed by atoms with Gasteiger partial charge >= 0.3 is 0 Å². The summed E-state index contributed by atoms with van der Waals surface area (Å²) in [5.41, 5.74) is 0.552. The lowest BCUT2D eigenvalue weighted by molar-refractivity contribution is 0.0655. The maximum absolute atomic E-state index is 13.6. The fraction of sp³-hybridized carbons (Fsp3) is 0.278. The summed E-state index contributed by atoms with van der Waals surface area (Å²) in [7, 11) is 0.